The smallest absolute Gasteiger partial charge is 0.321 e. The lowest BCUT2D eigenvalue weighted by Crippen LogP contribution is -2.38. The zero-order valence-corrected chi connectivity index (χ0v) is 12.6. The lowest BCUT2D eigenvalue weighted by Gasteiger charge is -2.16. The Bertz CT molecular complexity index is 621. The molecule has 112 valence electrons. The number of carboxylic acids is 1. The van der Waals surface area contributed by atoms with Gasteiger partial charge in [-0.15, -0.1) is 0 Å². The molecule has 2 rings (SSSR count). The third-order valence-electron chi connectivity index (χ3n) is 3.99. The van der Waals surface area contributed by atoms with Crippen molar-refractivity contribution in [2.75, 3.05) is 0 Å². The van der Waals surface area contributed by atoms with Gasteiger partial charge in [-0.25, -0.2) is 4.98 Å². The third-order valence-corrected chi connectivity index (χ3v) is 3.99. The van der Waals surface area contributed by atoms with Crippen molar-refractivity contribution in [1.29, 1.82) is 0 Å². The first-order chi connectivity index (χ1) is 9.99. The number of hydrogen-bond acceptors (Lipinski definition) is 3. The van der Waals surface area contributed by atoms with Crippen molar-refractivity contribution in [1.82, 2.24) is 15.3 Å². The van der Waals surface area contributed by atoms with Gasteiger partial charge in [-0.05, 0) is 43.0 Å². The van der Waals surface area contributed by atoms with Crippen molar-refractivity contribution in [2.24, 2.45) is 0 Å². The van der Waals surface area contributed by atoms with Gasteiger partial charge in [0.2, 0.25) is 0 Å². The van der Waals surface area contributed by atoms with Gasteiger partial charge in [0.1, 0.15) is 6.04 Å². The molecular formula is C16H21N3O2. The second-order valence-electron chi connectivity index (χ2n) is 5.34. The van der Waals surface area contributed by atoms with Gasteiger partial charge < -0.3 is 10.1 Å². The highest BCUT2D eigenvalue weighted by atomic mass is 16.4. The average Bonchev–Trinajstić information content (AvgIpc) is 2.95. The van der Waals surface area contributed by atoms with E-state index in [2.05, 4.69) is 48.2 Å². The van der Waals surface area contributed by atoms with Gasteiger partial charge >= 0.3 is 5.97 Å². The van der Waals surface area contributed by atoms with E-state index in [1.54, 1.807) is 12.5 Å². The van der Waals surface area contributed by atoms with Gasteiger partial charge in [-0.2, -0.15) is 0 Å². The molecule has 1 heterocycles. The van der Waals surface area contributed by atoms with Gasteiger partial charge in [-0.3, -0.25) is 10.1 Å². The first-order valence-electron chi connectivity index (χ1n) is 6.98. The molecule has 0 aliphatic carbocycles. The van der Waals surface area contributed by atoms with Crippen molar-refractivity contribution in [3.8, 4) is 0 Å². The molecule has 0 radical (unpaired) electrons. The highest BCUT2D eigenvalue weighted by Crippen LogP contribution is 2.17. The molecule has 21 heavy (non-hydrogen) atoms. The summed E-state index contributed by atoms with van der Waals surface area (Å²) in [4.78, 5) is 18.2. The summed E-state index contributed by atoms with van der Waals surface area (Å²) in [5, 5.41) is 12.4. The fraction of sp³-hybridized carbons (Fsp3) is 0.375. The van der Waals surface area contributed by atoms with Crippen molar-refractivity contribution < 1.29 is 9.90 Å². The summed E-state index contributed by atoms with van der Waals surface area (Å²) in [6, 6.07) is 3.50. The number of rotatable bonds is 6. The Labute approximate surface area is 124 Å². The minimum absolute atomic E-state index is 0.388. The van der Waals surface area contributed by atoms with Crippen LogP contribution in [0.1, 0.15) is 27.9 Å². The van der Waals surface area contributed by atoms with E-state index in [9.17, 15) is 9.90 Å². The Morgan fingerprint density at radius 2 is 2.10 bits per heavy atom. The number of aliphatic carboxylic acids is 1. The SMILES string of the molecule is Cc1ccc(CN[C@H](Cc2cnc[nH]2)C(=O)O)c(C)c1C. The molecular weight excluding hydrogens is 266 g/mol. The van der Waals surface area contributed by atoms with Crippen molar-refractivity contribution in [3.05, 3.63) is 52.6 Å². The zero-order chi connectivity index (χ0) is 15.4. The lowest BCUT2D eigenvalue weighted by atomic mass is 9.98. The molecule has 0 bridgehead atoms. The number of imidazole rings is 1. The van der Waals surface area contributed by atoms with Crippen LogP contribution in [-0.4, -0.2) is 27.1 Å². The van der Waals surface area contributed by atoms with E-state index in [1.807, 2.05) is 0 Å². The number of H-pyrrole nitrogens is 1. The van der Waals surface area contributed by atoms with Gasteiger partial charge in [0.15, 0.2) is 0 Å². The van der Waals surface area contributed by atoms with Crippen LogP contribution in [0.3, 0.4) is 0 Å². The van der Waals surface area contributed by atoms with Crippen LogP contribution >= 0.6 is 0 Å². The maximum absolute atomic E-state index is 11.4. The summed E-state index contributed by atoms with van der Waals surface area (Å²) < 4.78 is 0. The normalized spacial score (nSPS) is 12.3. The molecule has 1 aromatic heterocycles. The lowest BCUT2D eigenvalue weighted by molar-refractivity contribution is -0.139. The number of aromatic nitrogens is 2. The first-order valence-corrected chi connectivity index (χ1v) is 6.98. The van der Waals surface area contributed by atoms with Crippen LogP contribution in [0.4, 0.5) is 0 Å². The molecule has 1 aromatic carbocycles. The predicted octanol–water partition coefficient (Wildman–Crippen LogP) is 2.12. The van der Waals surface area contributed by atoms with Crippen LogP contribution in [0.15, 0.2) is 24.7 Å². The van der Waals surface area contributed by atoms with E-state index < -0.39 is 12.0 Å². The van der Waals surface area contributed by atoms with Gasteiger partial charge in [0.25, 0.3) is 0 Å². The first kappa shape index (κ1) is 15.3. The summed E-state index contributed by atoms with van der Waals surface area (Å²) in [6.07, 6.45) is 3.60. The van der Waals surface area contributed by atoms with Crippen LogP contribution in [-0.2, 0) is 17.8 Å². The van der Waals surface area contributed by atoms with E-state index in [0.29, 0.717) is 13.0 Å². The number of aromatic amines is 1. The van der Waals surface area contributed by atoms with E-state index in [4.69, 9.17) is 0 Å². The highest BCUT2D eigenvalue weighted by molar-refractivity contribution is 5.73. The minimum atomic E-state index is -0.855. The number of nitrogens with zero attached hydrogens (tertiary/aromatic N) is 1. The summed E-state index contributed by atoms with van der Waals surface area (Å²) in [5.74, 6) is -0.855. The number of carbonyl (C=O) groups is 1. The summed E-state index contributed by atoms with van der Waals surface area (Å²) >= 11 is 0. The summed E-state index contributed by atoms with van der Waals surface area (Å²) in [7, 11) is 0. The molecule has 0 aliphatic rings. The van der Waals surface area contributed by atoms with Crippen molar-refractivity contribution in [3.63, 3.8) is 0 Å². The molecule has 0 amide bonds. The van der Waals surface area contributed by atoms with Crippen LogP contribution < -0.4 is 5.32 Å². The Hall–Kier alpha value is -2.14. The van der Waals surface area contributed by atoms with Crippen LogP contribution in [0, 0.1) is 20.8 Å². The van der Waals surface area contributed by atoms with Crippen LogP contribution in [0.25, 0.3) is 0 Å². The average molecular weight is 287 g/mol. The standard InChI is InChI=1S/C16H21N3O2/c1-10-4-5-13(12(3)11(10)2)7-18-15(16(20)21)6-14-8-17-9-19-14/h4-5,8-9,15,18H,6-7H2,1-3H3,(H,17,19)(H,20,21)/t15-/m1/s1. The summed E-state index contributed by atoms with van der Waals surface area (Å²) in [6.45, 7) is 6.79. The maximum atomic E-state index is 11.4. The number of aryl methyl sites for hydroxylation is 1. The van der Waals surface area contributed by atoms with Crippen molar-refractivity contribution in [2.45, 2.75) is 39.8 Å². The molecule has 5 heteroatoms. The molecule has 0 saturated heterocycles. The van der Waals surface area contributed by atoms with Gasteiger partial charge in [0, 0.05) is 24.9 Å². The molecule has 1 atom stereocenters. The summed E-state index contributed by atoms with van der Waals surface area (Å²) in [5.41, 5.74) is 5.67. The quantitative estimate of drug-likeness (QED) is 0.760. The van der Waals surface area contributed by atoms with Gasteiger partial charge in [-0.1, -0.05) is 12.1 Å². The van der Waals surface area contributed by atoms with E-state index in [1.165, 1.54) is 16.7 Å². The molecule has 0 unspecified atom stereocenters. The second kappa shape index (κ2) is 6.54. The number of nitrogens with one attached hydrogen (secondary N) is 2. The van der Waals surface area contributed by atoms with E-state index in [0.717, 1.165) is 11.3 Å². The second-order valence-corrected chi connectivity index (χ2v) is 5.34. The monoisotopic (exact) mass is 287 g/mol. The largest absolute Gasteiger partial charge is 0.480 e. The number of benzene rings is 1. The van der Waals surface area contributed by atoms with E-state index in [-0.39, 0.29) is 0 Å². The van der Waals surface area contributed by atoms with E-state index >= 15 is 0 Å². The highest BCUT2D eigenvalue weighted by Gasteiger charge is 2.18. The number of hydrogen-bond donors (Lipinski definition) is 3. The maximum Gasteiger partial charge on any atom is 0.321 e. The molecule has 5 nitrogen and oxygen atoms in total. The Morgan fingerprint density at radius 3 is 2.71 bits per heavy atom. The fourth-order valence-electron chi connectivity index (χ4n) is 2.30. The topological polar surface area (TPSA) is 78.0 Å². The molecule has 0 saturated carbocycles. The third kappa shape index (κ3) is 3.70. The van der Waals surface area contributed by atoms with Crippen LogP contribution in [0.5, 0.6) is 0 Å². The van der Waals surface area contributed by atoms with Crippen molar-refractivity contribution >= 4 is 5.97 Å². The zero-order valence-electron chi connectivity index (χ0n) is 12.6. The molecule has 3 N–H and O–H groups in total. The Morgan fingerprint density at radius 1 is 1.33 bits per heavy atom. The fourth-order valence-corrected chi connectivity index (χ4v) is 2.30. The number of carboxylic acid groups (broad SMARTS) is 1. The molecule has 0 fully saturated rings. The minimum Gasteiger partial charge on any atom is -0.480 e. The molecule has 2 aromatic rings. The van der Waals surface area contributed by atoms with Gasteiger partial charge in [0.05, 0.1) is 6.33 Å². The Kier molecular flexibility index (Phi) is 4.75. The molecule has 0 spiro atoms. The predicted molar refractivity (Wildman–Crippen MR) is 81.2 cm³/mol. The molecule has 0 aliphatic heterocycles. The van der Waals surface area contributed by atoms with Crippen LogP contribution in [0.2, 0.25) is 0 Å². The Balaban J connectivity index is 2.05.